The Morgan fingerprint density at radius 2 is 1.81 bits per heavy atom. The standard InChI is InChI=1S/C19H23NO/c1-18(2)13-14-19(3)12-8-7-11-16(20(18)19)17(21)15-9-5-4-6-10-15/h4-11H,12-14H2,1-3H3. The maximum absolute atomic E-state index is 13.0. The SMILES string of the molecule is CC1(C)CCC2(C)CC=CC=C(C(=O)c3ccccc3)N12. The number of allylic oxidation sites excluding steroid dienone is 3. The van der Waals surface area contributed by atoms with Gasteiger partial charge in [-0.25, -0.2) is 0 Å². The number of Topliss-reactive ketones (excluding diaryl/α,β-unsaturated/α-hetero) is 1. The third-order valence-electron chi connectivity index (χ3n) is 4.88. The molecule has 1 aromatic carbocycles. The lowest BCUT2D eigenvalue weighted by Gasteiger charge is -2.44. The molecule has 3 rings (SSSR count). The van der Waals surface area contributed by atoms with Crippen molar-refractivity contribution in [2.75, 3.05) is 0 Å². The van der Waals surface area contributed by atoms with Crippen LogP contribution in [0.25, 0.3) is 0 Å². The van der Waals surface area contributed by atoms with E-state index < -0.39 is 0 Å². The molecule has 0 spiro atoms. The Kier molecular flexibility index (Phi) is 3.27. The number of carbonyl (C=O) groups is 1. The normalized spacial score (nSPS) is 27.0. The van der Waals surface area contributed by atoms with Crippen LogP contribution in [-0.2, 0) is 0 Å². The van der Waals surface area contributed by atoms with Crippen molar-refractivity contribution in [1.82, 2.24) is 4.90 Å². The van der Waals surface area contributed by atoms with Crippen molar-refractivity contribution >= 4 is 5.78 Å². The molecule has 2 heteroatoms. The van der Waals surface area contributed by atoms with Crippen LogP contribution in [0, 0.1) is 0 Å². The minimum Gasteiger partial charge on any atom is -0.358 e. The Morgan fingerprint density at radius 3 is 2.52 bits per heavy atom. The van der Waals surface area contributed by atoms with Crippen molar-refractivity contribution in [2.45, 2.75) is 51.1 Å². The van der Waals surface area contributed by atoms with Crippen molar-refractivity contribution < 1.29 is 4.79 Å². The highest BCUT2D eigenvalue weighted by molar-refractivity contribution is 6.08. The molecule has 1 saturated heterocycles. The molecule has 110 valence electrons. The average molecular weight is 281 g/mol. The summed E-state index contributed by atoms with van der Waals surface area (Å²) in [4.78, 5) is 15.4. The molecule has 1 fully saturated rings. The maximum atomic E-state index is 13.0. The molecule has 21 heavy (non-hydrogen) atoms. The number of rotatable bonds is 2. The molecule has 0 amide bonds. The summed E-state index contributed by atoms with van der Waals surface area (Å²) in [5.41, 5.74) is 1.67. The molecular weight excluding hydrogens is 258 g/mol. The lowest BCUT2D eigenvalue weighted by atomic mass is 9.94. The van der Waals surface area contributed by atoms with E-state index in [1.807, 2.05) is 42.5 Å². The molecule has 0 aromatic heterocycles. The van der Waals surface area contributed by atoms with Gasteiger partial charge in [0, 0.05) is 16.6 Å². The van der Waals surface area contributed by atoms with Crippen molar-refractivity contribution in [3.05, 3.63) is 59.8 Å². The van der Waals surface area contributed by atoms with Crippen LogP contribution >= 0.6 is 0 Å². The molecule has 2 heterocycles. The summed E-state index contributed by atoms with van der Waals surface area (Å²) >= 11 is 0. The van der Waals surface area contributed by atoms with Crippen LogP contribution < -0.4 is 0 Å². The lowest BCUT2D eigenvalue weighted by molar-refractivity contribution is 0.0807. The fourth-order valence-electron chi connectivity index (χ4n) is 3.81. The second kappa shape index (κ2) is 4.87. The highest BCUT2D eigenvalue weighted by Gasteiger charge is 2.49. The number of nitrogens with zero attached hydrogens (tertiary/aromatic N) is 1. The lowest BCUT2D eigenvalue weighted by Crippen LogP contribution is -2.50. The third-order valence-corrected chi connectivity index (χ3v) is 4.88. The number of benzene rings is 1. The summed E-state index contributed by atoms with van der Waals surface area (Å²) < 4.78 is 0. The Labute approximate surface area is 127 Å². The molecule has 0 radical (unpaired) electrons. The van der Waals surface area contributed by atoms with Crippen LogP contribution in [0.3, 0.4) is 0 Å². The second-order valence-electron chi connectivity index (χ2n) is 7.02. The highest BCUT2D eigenvalue weighted by Crippen LogP contribution is 2.47. The van der Waals surface area contributed by atoms with Gasteiger partial charge < -0.3 is 4.90 Å². The molecule has 1 aromatic rings. The Balaban J connectivity index is 2.05. The minimum absolute atomic E-state index is 0.0248. The molecule has 1 atom stereocenters. The molecule has 0 saturated carbocycles. The van der Waals surface area contributed by atoms with E-state index in [-0.39, 0.29) is 16.9 Å². The predicted molar refractivity (Wildman–Crippen MR) is 86.2 cm³/mol. The van der Waals surface area contributed by atoms with Crippen LogP contribution in [0.5, 0.6) is 0 Å². The van der Waals surface area contributed by atoms with Gasteiger partial charge in [0.2, 0.25) is 5.78 Å². The Hall–Kier alpha value is -1.83. The summed E-state index contributed by atoms with van der Waals surface area (Å²) in [5, 5.41) is 0. The van der Waals surface area contributed by atoms with Gasteiger partial charge in [0.15, 0.2) is 0 Å². The van der Waals surface area contributed by atoms with Crippen LogP contribution in [0.2, 0.25) is 0 Å². The van der Waals surface area contributed by atoms with Gasteiger partial charge in [-0.15, -0.1) is 0 Å². The molecule has 2 nitrogen and oxygen atoms in total. The van der Waals surface area contributed by atoms with E-state index in [0.717, 1.165) is 30.5 Å². The summed E-state index contributed by atoms with van der Waals surface area (Å²) in [6.07, 6.45) is 9.47. The fourth-order valence-corrected chi connectivity index (χ4v) is 3.81. The van der Waals surface area contributed by atoms with Gasteiger partial charge in [-0.1, -0.05) is 42.5 Å². The molecule has 2 aliphatic rings. The highest BCUT2D eigenvalue weighted by atomic mass is 16.1. The van der Waals surface area contributed by atoms with Crippen molar-refractivity contribution in [3.63, 3.8) is 0 Å². The largest absolute Gasteiger partial charge is 0.358 e. The van der Waals surface area contributed by atoms with Gasteiger partial charge in [-0.2, -0.15) is 0 Å². The molecular formula is C19H23NO. The van der Waals surface area contributed by atoms with Gasteiger partial charge >= 0.3 is 0 Å². The molecule has 0 aliphatic carbocycles. The summed E-state index contributed by atoms with van der Waals surface area (Å²) in [6.45, 7) is 6.77. The first-order valence-electron chi connectivity index (χ1n) is 7.71. The van der Waals surface area contributed by atoms with Crippen LogP contribution in [0.15, 0.2) is 54.3 Å². The number of ketones is 1. The van der Waals surface area contributed by atoms with E-state index in [1.54, 1.807) is 0 Å². The van der Waals surface area contributed by atoms with E-state index in [9.17, 15) is 4.79 Å². The Morgan fingerprint density at radius 1 is 1.10 bits per heavy atom. The first kappa shape index (κ1) is 14.1. The summed E-state index contributed by atoms with van der Waals surface area (Å²) in [7, 11) is 0. The van der Waals surface area contributed by atoms with Gasteiger partial charge in [0.1, 0.15) is 0 Å². The van der Waals surface area contributed by atoms with Gasteiger partial charge in [0.25, 0.3) is 0 Å². The number of hydrogen-bond donors (Lipinski definition) is 0. The van der Waals surface area contributed by atoms with Crippen molar-refractivity contribution in [2.24, 2.45) is 0 Å². The summed E-state index contributed by atoms with van der Waals surface area (Å²) in [6, 6.07) is 9.60. The van der Waals surface area contributed by atoms with E-state index in [0.29, 0.717) is 0 Å². The Bertz CT molecular complexity index is 612. The quantitative estimate of drug-likeness (QED) is 0.751. The topological polar surface area (TPSA) is 20.3 Å². The first-order valence-corrected chi connectivity index (χ1v) is 7.71. The van der Waals surface area contributed by atoms with Crippen molar-refractivity contribution in [3.8, 4) is 0 Å². The minimum atomic E-state index is 0.0248. The smallest absolute Gasteiger partial charge is 0.209 e. The van der Waals surface area contributed by atoms with E-state index in [2.05, 4.69) is 31.7 Å². The zero-order chi connectivity index (χ0) is 15.1. The number of fused-ring (bicyclic) bond motifs is 1. The van der Waals surface area contributed by atoms with E-state index in [4.69, 9.17) is 0 Å². The molecule has 1 unspecified atom stereocenters. The number of hydrogen-bond acceptors (Lipinski definition) is 2. The van der Waals surface area contributed by atoms with E-state index >= 15 is 0 Å². The first-order chi connectivity index (χ1) is 9.94. The van der Waals surface area contributed by atoms with Crippen LogP contribution in [0.1, 0.15) is 50.4 Å². The fraction of sp³-hybridized carbons (Fsp3) is 0.421. The monoisotopic (exact) mass is 281 g/mol. The zero-order valence-corrected chi connectivity index (χ0v) is 13.1. The van der Waals surface area contributed by atoms with Gasteiger partial charge in [0.05, 0.1) is 5.70 Å². The zero-order valence-electron chi connectivity index (χ0n) is 13.1. The predicted octanol–water partition coefficient (Wildman–Crippen LogP) is 4.35. The van der Waals surface area contributed by atoms with E-state index in [1.165, 1.54) is 0 Å². The van der Waals surface area contributed by atoms with Crippen LogP contribution in [-0.4, -0.2) is 21.8 Å². The molecule has 2 aliphatic heterocycles. The van der Waals surface area contributed by atoms with Gasteiger partial charge in [-0.05, 0) is 46.1 Å². The number of carbonyl (C=O) groups excluding carboxylic acids is 1. The third kappa shape index (κ3) is 2.33. The second-order valence-corrected chi connectivity index (χ2v) is 7.02. The van der Waals surface area contributed by atoms with Crippen molar-refractivity contribution in [1.29, 1.82) is 0 Å². The maximum Gasteiger partial charge on any atom is 0.209 e. The summed E-state index contributed by atoms with van der Waals surface area (Å²) in [5.74, 6) is 0.128. The molecule has 0 bridgehead atoms. The van der Waals surface area contributed by atoms with Crippen LogP contribution in [0.4, 0.5) is 0 Å². The average Bonchev–Trinajstić information content (AvgIpc) is 2.63. The molecule has 0 N–H and O–H groups in total. The van der Waals surface area contributed by atoms with Gasteiger partial charge in [-0.3, -0.25) is 4.79 Å².